The second-order valence-corrected chi connectivity index (χ2v) is 7.34. The van der Waals surface area contributed by atoms with Crippen LogP contribution in [0.5, 0.6) is 0 Å². The van der Waals surface area contributed by atoms with E-state index in [9.17, 15) is 13.2 Å². The number of hydrogen-bond acceptors (Lipinski definition) is 3. The van der Waals surface area contributed by atoms with Crippen molar-refractivity contribution in [2.75, 3.05) is 25.9 Å². The van der Waals surface area contributed by atoms with Crippen LogP contribution in [0.15, 0.2) is 16.7 Å². The average Bonchev–Trinajstić information content (AvgIpc) is 2.80. The van der Waals surface area contributed by atoms with E-state index in [4.69, 9.17) is 0 Å². The minimum atomic E-state index is -3.14. The minimum Gasteiger partial charge on any atom is -0.356 e. The summed E-state index contributed by atoms with van der Waals surface area (Å²) in [4.78, 5) is 14.5. The van der Waals surface area contributed by atoms with Crippen LogP contribution in [-0.2, 0) is 10.0 Å². The fraction of sp³-hybridized carbons (Fsp3) is 0.545. The van der Waals surface area contributed by atoms with Gasteiger partial charge < -0.3 is 10.3 Å². The maximum absolute atomic E-state index is 11.7. The summed E-state index contributed by atoms with van der Waals surface area (Å²) in [7, 11) is -1.60. The van der Waals surface area contributed by atoms with Crippen molar-refractivity contribution in [2.45, 2.75) is 13.3 Å². The lowest BCUT2D eigenvalue weighted by molar-refractivity contribution is 0.0948. The van der Waals surface area contributed by atoms with E-state index in [1.165, 1.54) is 4.31 Å². The first-order valence-electron chi connectivity index (χ1n) is 5.93. The molecule has 1 aromatic heterocycles. The smallest absolute Gasteiger partial charge is 0.267 e. The zero-order valence-electron chi connectivity index (χ0n) is 10.9. The molecule has 108 valence electrons. The summed E-state index contributed by atoms with van der Waals surface area (Å²) >= 11 is 3.25. The second kappa shape index (κ2) is 7.06. The number of hydrogen-bond donors (Lipinski definition) is 2. The highest BCUT2D eigenvalue weighted by molar-refractivity contribution is 9.10. The summed E-state index contributed by atoms with van der Waals surface area (Å²) in [5.41, 5.74) is 0.474. The van der Waals surface area contributed by atoms with E-state index in [2.05, 4.69) is 26.2 Å². The Morgan fingerprint density at radius 1 is 1.53 bits per heavy atom. The maximum atomic E-state index is 11.7. The molecule has 1 rings (SSSR count). The van der Waals surface area contributed by atoms with Crippen molar-refractivity contribution < 1.29 is 13.2 Å². The van der Waals surface area contributed by atoms with Crippen molar-refractivity contribution in [1.29, 1.82) is 0 Å². The van der Waals surface area contributed by atoms with Gasteiger partial charge in [-0.15, -0.1) is 0 Å². The molecule has 0 aliphatic carbocycles. The molecule has 6 nitrogen and oxygen atoms in total. The van der Waals surface area contributed by atoms with Crippen LogP contribution in [0, 0.1) is 0 Å². The van der Waals surface area contributed by atoms with E-state index in [0.717, 1.165) is 4.47 Å². The predicted molar refractivity (Wildman–Crippen MR) is 77.5 cm³/mol. The Hall–Kier alpha value is -0.860. The topological polar surface area (TPSA) is 82.3 Å². The van der Waals surface area contributed by atoms with Gasteiger partial charge in [-0.25, -0.2) is 12.7 Å². The highest BCUT2D eigenvalue weighted by Gasteiger charge is 2.14. The molecule has 19 heavy (non-hydrogen) atoms. The fourth-order valence-corrected chi connectivity index (χ4v) is 2.65. The Balaban J connectivity index is 2.30. The number of nitrogens with zero attached hydrogens (tertiary/aromatic N) is 1. The van der Waals surface area contributed by atoms with Gasteiger partial charge in [-0.2, -0.15) is 0 Å². The molecule has 0 fully saturated rings. The molecule has 0 saturated heterocycles. The Morgan fingerprint density at radius 2 is 2.21 bits per heavy atom. The van der Waals surface area contributed by atoms with Gasteiger partial charge in [-0.1, -0.05) is 0 Å². The summed E-state index contributed by atoms with van der Waals surface area (Å²) in [5.74, 6) is -0.112. The Bertz CT molecular complexity index is 527. The molecule has 0 aliphatic rings. The van der Waals surface area contributed by atoms with E-state index >= 15 is 0 Å². The number of rotatable bonds is 7. The third-order valence-corrected chi connectivity index (χ3v) is 4.99. The van der Waals surface area contributed by atoms with Crippen molar-refractivity contribution in [1.82, 2.24) is 14.6 Å². The number of carbonyl (C=O) groups excluding carboxylic acids is 1. The van der Waals surface area contributed by atoms with Gasteiger partial charge in [0, 0.05) is 30.8 Å². The van der Waals surface area contributed by atoms with Crippen molar-refractivity contribution in [3.63, 3.8) is 0 Å². The number of nitrogens with one attached hydrogen (secondary N) is 2. The van der Waals surface area contributed by atoms with Crippen LogP contribution >= 0.6 is 15.9 Å². The van der Waals surface area contributed by atoms with Crippen molar-refractivity contribution in [3.8, 4) is 0 Å². The Morgan fingerprint density at radius 3 is 2.74 bits per heavy atom. The molecule has 0 bridgehead atoms. The molecule has 0 atom stereocenters. The van der Waals surface area contributed by atoms with Crippen LogP contribution in [0.4, 0.5) is 0 Å². The number of aromatic amines is 1. The molecule has 0 radical (unpaired) electrons. The third kappa shape index (κ3) is 4.96. The Kier molecular flexibility index (Phi) is 6.02. The number of carbonyl (C=O) groups is 1. The van der Waals surface area contributed by atoms with Crippen molar-refractivity contribution in [3.05, 3.63) is 22.4 Å². The molecule has 0 spiro atoms. The lowest BCUT2D eigenvalue weighted by Crippen LogP contribution is -2.32. The number of sulfonamides is 1. The quantitative estimate of drug-likeness (QED) is 0.723. The van der Waals surface area contributed by atoms with Crippen LogP contribution in [0.25, 0.3) is 0 Å². The lowest BCUT2D eigenvalue weighted by Gasteiger charge is -2.15. The predicted octanol–water partition coefficient (Wildman–Crippen LogP) is 1.18. The van der Waals surface area contributed by atoms with Gasteiger partial charge in [0.25, 0.3) is 5.91 Å². The molecular weight excluding hydrogens is 334 g/mol. The van der Waals surface area contributed by atoms with Gasteiger partial charge in [0.2, 0.25) is 10.0 Å². The summed E-state index contributed by atoms with van der Waals surface area (Å²) in [6, 6.07) is 1.68. The van der Waals surface area contributed by atoms with Gasteiger partial charge in [0.1, 0.15) is 5.69 Å². The van der Waals surface area contributed by atoms with Crippen LogP contribution in [0.3, 0.4) is 0 Å². The standard InChI is InChI=1S/C11H18BrN3O3S/c1-3-19(17,18)15(2)6-4-5-13-11(16)10-7-9(12)8-14-10/h7-8,14H,3-6H2,1-2H3,(H,13,16). The van der Waals surface area contributed by atoms with E-state index in [-0.39, 0.29) is 11.7 Å². The van der Waals surface area contributed by atoms with E-state index in [0.29, 0.717) is 25.2 Å². The van der Waals surface area contributed by atoms with Gasteiger partial charge >= 0.3 is 0 Å². The number of aromatic nitrogens is 1. The largest absolute Gasteiger partial charge is 0.356 e. The normalized spacial score (nSPS) is 11.8. The third-order valence-electron chi connectivity index (χ3n) is 2.67. The van der Waals surface area contributed by atoms with E-state index in [1.807, 2.05) is 0 Å². The summed E-state index contributed by atoms with van der Waals surface area (Å²) in [6.07, 6.45) is 2.25. The maximum Gasteiger partial charge on any atom is 0.267 e. The van der Waals surface area contributed by atoms with Crippen LogP contribution in [0.1, 0.15) is 23.8 Å². The van der Waals surface area contributed by atoms with Crippen LogP contribution in [0.2, 0.25) is 0 Å². The molecule has 1 amide bonds. The Labute approximate surface area is 121 Å². The molecule has 8 heteroatoms. The molecular formula is C11H18BrN3O3S. The molecule has 1 aromatic rings. The number of H-pyrrole nitrogens is 1. The first-order valence-corrected chi connectivity index (χ1v) is 8.33. The molecule has 0 aliphatic heterocycles. The molecule has 0 unspecified atom stereocenters. The van der Waals surface area contributed by atoms with E-state index < -0.39 is 10.0 Å². The first kappa shape index (κ1) is 16.2. The molecule has 1 heterocycles. The first-order chi connectivity index (χ1) is 8.86. The van der Waals surface area contributed by atoms with Gasteiger partial charge in [0.05, 0.1) is 5.75 Å². The fourth-order valence-electron chi connectivity index (χ4n) is 1.46. The highest BCUT2D eigenvalue weighted by Crippen LogP contribution is 2.10. The monoisotopic (exact) mass is 351 g/mol. The van der Waals surface area contributed by atoms with Crippen molar-refractivity contribution >= 4 is 31.9 Å². The summed E-state index contributed by atoms with van der Waals surface area (Å²) in [5, 5.41) is 2.72. The van der Waals surface area contributed by atoms with Crippen LogP contribution < -0.4 is 5.32 Å². The molecule has 0 saturated carbocycles. The van der Waals surface area contributed by atoms with Gasteiger partial charge in [-0.05, 0) is 35.3 Å². The molecule has 0 aromatic carbocycles. The van der Waals surface area contributed by atoms with Gasteiger partial charge in [-0.3, -0.25) is 4.79 Å². The minimum absolute atomic E-state index is 0.0896. The highest BCUT2D eigenvalue weighted by atomic mass is 79.9. The second-order valence-electron chi connectivity index (χ2n) is 4.06. The molecule has 2 N–H and O–H groups in total. The average molecular weight is 352 g/mol. The van der Waals surface area contributed by atoms with Crippen LogP contribution in [-0.4, -0.2) is 49.5 Å². The van der Waals surface area contributed by atoms with E-state index in [1.54, 1.807) is 26.2 Å². The number of amides is 1. The van der Waals surface area contributed by atoms with Crippen molar-refractivity contribution in [2.24, 2.45) is 0 Å². The zero-order chi connectivity index (χ0) is 14.5. The number of halogens is 1. The zero-order valence-corrected chi connectivity index (χ0v) is 13.3. The van der Waals surface area contributed by atoms with Gasteiger partial charge in [0.15, 0.2) is 0 Å². The summed E-state index contributed by atoms with van der Waals surface area (Å²) in [6.45, 7) is 2.43. The lowest BCUT2D eigenvalue weighted by atomic mass is 10.3. The summed E-state index contributed by atoms with van der Waals surface area (Å²) < 4.78 is 25.1. The SMILES string of the molecule is CCS(=O)(=O)N(C)CCCNC(=O)c1cc(Br)c[nH]1.